The molecule has 22 heavy (non-hydrogen) atoms. The molecule has 0 spiro atoms. The summed E-state index contributed by atoms with van der Waals surface area (Å²) in [5.41, 5.74) is 3.26. The quantitative estimate of drug-likeness (QED) is 0.829. The third-order valence-corrected chi connectivity index (χ3v) is 4.26. The minimum absolute atomic E-state index is 0.0311. The van der Waals surface area contributed by atoms with Crippen molar-refractivity contribution in [2.45, 2.75) is 19.0 Å². The van der Waals surface area contributed by atoms with Crippen LogP contribution in [0.2, 0.25) is 0 Å². The number of aromatic amines is 1. The van der Waals surface area contributed by atoms with Crippen molar-refractivity contribution in [2.75, 3.05) is 20.3 Å². The van der Waals surface area contributed by atoms with E-state index in [4.69, 9.17) is 17.0 Å². The Hall–Kier alpha value is -1.92. The Bertz CT molecular complexity index is 643. The van der Waals surface area contributed by atoms with Gasteiger partial charge < -0.3 is 19.9 Å². The molecule has 1 saturated heterocycles. The first kappa shape index (κ1) is 15.0. The fraction of sp³-hybridized carbons (Fsp3) is 0.375. The van der Waals surface area contributed by atoms with E-state index >= 15 is 0 Å². The summed E-state index contributed by atoms with van der Waals surface area (Å²) in [5.74, 6) is 0. The normalized spacial score (nSPS) is 21.2. The molecule has 0 saturated carbocycles. The number of nitrogens with one attached hydrogen (secondary N) is 2. The standard InChI is InChI=1S/C16H20N4OS/c1-11-6-7-13(18-11)15-14(12-5-3-4-8-17-12)19-16(22)20(15)9-10-21-2/h3-8,14-15,18H,9-10H2,1-2H3,(H,19,22)/t14-,15-/m1/s1. The summed E-state index contributed by atoms with van der Waals surface area (Å²) in [6.45, 7) is 3.43. The molecule has 0 radical (unpaired) electrons. The summed E-state index contributed by atoms with van der Waals surface area (Å²) in [5, 5.41) is 4.15. The van der Waals surface area contributed by atoms with Gasteiger partial charge in [-0.3, -0.25) is 4.98 Å². The van der Waals surface area contributed by atoms with Crippen molar-refractivity contribution in [3.63, 3.8) is 0 Å². The first-order chi connectivity index (χ1) is 10.7. The zero-order valence-corrected chi connectivity index (χ0v) is 13.6. The fourth-order valence-electron chi connectivity index (χ4n) is 2.87. The molecule has 0 bridgehead atoms. The Morgan fingerprint density at radius 2 is 2.18 bits per heavy atom. The third kappa shape index (κ3) is 2.84. The molecule has 1 aliphatic heterocycles. The molecule has 3 rings (SSSR count). The van der Waals surface area contributed by atoms with Crippen LogP contribution in [0.25, 0.3) is 0 Å². The minimum atomic E-state index is 0.0311. The van der Waals surface area contributed by atoms with Gasteiger partial charge in [-0.05, 0) is 43.4 Å². The van der Waals surface area contributed by atoms with Crippen molar-refractivity contribution in [3.8, 4) is 0 Å². The lowest BCUT2D eigenvalue weighted by atomic mass is 10.0. The Labute approximate surface area is 135 Å². The van der Waals surface area contributed by atoms with Crippen LogP contribution in [-0.4, -0.2) is 40.2 Å². The average molecular weight is 316 g/mol. The second-order valence-corrected chi connectivity index (χ2v) is 5.80. The molecule has 2 aromatic rings. The Morgan fingerprint density at radius 3 is 2.82 bits per heavy atom. The van der Waals surface area contributed by atoms with Gasteiger partial charge in [0.25, 0.3) is 0 Å². The van der Waals surface area contributed by atoms with Crippen molar-refractivity contribution in [1.82, 2.24) is 20.2 Å². The number of hydrogen-bond donors (Lipinski definition) is 2. The van der Waals surface area contributed by atoms with Gasteiger partial charge in [-0.25, -0.2) is 0 Å². The maximum absolute atomic E-state index is 5.53. The Morgan fingerprint density at radius 1 is 1.32 bits per heavy atom. The van der Waals surface area contributed by atoms with Crippen molar-refractivity contribution < 1.29 is 4.74 Å². The van der Waals surface area contributed by atoms with Crippen LogP contribution in [0, 0.1) is 6.92 Å². The largest absolute Gasteiger partial charge is 0.383 e. The number of pyridine rings is 1. The predicted molar refractivity (Wildman–Crippen MR) is 89.6 cm³/mol. The second kappa shape index (κ2) is 6.46. The van der Waals surface area contributed by atoms with Crippen LogP contribution < -0.4 is 5.32 Å². The summed E-state index contributed by atoms with van der Waals surface area (Å²) >= 11 is 5.53. The summed E-state index contributed by atoms with van der Waals surface area (Å²) in [7, 11) is 1.70. The molecule has 0 amide bonds. The topological polar surface area (TPSA) is 53.2 Å². The molecule has 0 aliphatic carbocycles. The lowest BCUT2D eigenvalue weighted by molar-refractivity contribution is 0.163. The summed E-state index contributed by atoms with van der Waals surface area (Å²) < 4.78 is 5.23. The highest BCUT2D eigenvalue weighted by Crippen LogP contribution is 2.37. The van der Waals surface area contributed by atoms with Crippen LogP contribution in [0.15, 0.2) is 36.5 Å². The smallest absolute Gasteiger partial charge is 0.170 e. The van der Waals surface area contributed by atoms with Crippen LogP contribution in [0.1, 0.15) is 29.2 Å². The number of rotatable bonds is 5. The summed E-state index contributed by atoms with van der Waals surface area (Å²) in [4.78, 5) is 10.1. The van der Waals surface area contributed by atoms with Gasteiger partial charge in [0.2, 0.25) is 0 Å². The molecule has 116 valence electrons. The van der Waals surface area contributed by atoms with Gasteiger partial charge in [-0.2, -0.15) is 0 Å². The first-order valence-electron chi connectivity index (χ1n) is 7.33. The highest BCUT2D eigenvalue weighted by molar-refractivity contribution is 7.80. The minimum Gasteiger partial charge on any atom is -0.383 e. The van der Waals surface area contributed by atoms with E-state index in [1.807, 2.05) is 24.4 Å². The van der Waals surface area contributed by atoms with Gasteiger partial charge in [-0.15, -0.1) is 0 Å². The number of methoxy groups -OCH3 is 1. The van der Waals surface area contributed by atoms with E-state index in [1.54, 1.807) is 7.11 Å². The predicted octanol–water partition coefficient (Wildman–Crippen LogP) is 2.34. The highest BCUT2D eigenvalue weighted by Gasteiger charge is 2.40. The average Bonchev–Trinajstić information content (AvgIpc) is 3.09. The van der Waals surface area contributed by atoms with E-state index in [2.05, 4.69) is 39.2 Å². The zero-order valence-electron chi connectivity index (χ0n) is 12.7. The number of nitrogens with zero attached hydrogens (tertiary/aromatic N) is 2. The number of ether oxygens (including phenoxy) is 1. The van der Waals surface area contributed by atoms with Crippen molar-refractivity contribution in [1.29, 1.82) is 0 Å². The van der Waals surface area contributed by atoms with E-state index in [1.165, 1.54) is 0 Å². The molecule has 1 fully saturated rings. The van der Waals surface area contributed by atoms with E-state index in [0.717, 1.165) is 28.7 Å². The number of aryl methyl sites for hydroxylation is 1. The lowest BCUT2D eigenvalue weighted by Crippen LogP contribution is -2.32. The number of aromatic nitrogens is 2. The molecule has 2 N–H and O–H groups in total. The van der Waals surface area contributed by atoms with Crippen LogP contribution in [0.4, 0.5) is 0 Å². The SMILES string of the molecule is COCCN1C(=S)N[C@H](c2ccccn2)[C@H]1c1ccc(C)[nH]1. The van der Waals surface area contributed by atoms with Crippen molar-refractivity contribution in [2.24, 2.45) is 0 Å². The van der Waals surface area contributed by atoms with E-state index in [0.29, 0.717) is 6.61 Å². The second-order valence-electron chi connectivity index (χ2n) is 5.41. The van der Waals surface area contributed by atoms with E-state index < -0.39 is 0 Å². The maximum atomic E-state index is 5.53. The molecule has 3 heterocycles. The van der Waals surface area contributed by atoms with Gasteiger partial charge in [0.1, 0.15) is 0 Å². The van der Waals surface area contributed by atoms with Gasteiger partial charge in [0, 0.05) is 31.2 Å². The monoisotopic (exact) mass is 316 g/mol. The van der Waals surface area contributed by atoms with Gasteiger partial charge in [0.15, 0.2) is 5.11 Å². The van der Waals surface area contributed by atoms with Crippen molar-refractivity contribution in [3.05, 3.63) is 53.6 Å². The highest BCUT2D eigenvalue weighted by atomic mass is 32.1. The molecule has 2 aromatic heterocycles. The van der Waals surface area contributed by atoms with Gasteiger partial charge in [-0.1, -0.05) is 6.07 Å². The third-order valence-electron chi connectivity index (χ3n) is 3.91. The number of thiocarbonyl (C=S) groups is 1. The van der Waals surface area contributed by atoms with Crippen LogP contribution in [0.5, 0.6) is 0 Å². The van der Waals surface area contributed by atoms with Crippen LogP contribution in [0.3, 0.4) is 0 Å². The zero-order chi connectivity index (χ0) is 15.5. The van der Waals surface area contributed by atoms with Crippen LogP contribution >= 0.6 is 12.2 Å². The van der Waals surface area contributed by atoms with Crippen molar-refractivity contribution >= 4 is 17.3 Å². The molecule has 0 aromatic carbocycles. The number of H-pyrrole nitrogens is 1. The van der Waals surface area contributed by atoms with Gasteiger partial charge in [0.05, 0.1) is 24.4 Å². The molecule has 2 atom stereocenters. The van der Waals surface area contributed by atoms with Crippen LogP contribution in [-0.2, 0) is 4.74 Å². The molecule has 0 unspecified atom stereocenters. The van der Waals surface area contributed by atoms with E-state index in [9.17, 15) is 0 Å². The number of hydrogen-bond acceptors (Lipinski definition) is 3. The molecule has 1 aliphatic rings. The Balaban J connectivity index is 1.96. The molecular weight excluding hydrogens is 296 g/mol. The molecule has 5 nitrogen and oxygen atoms in total. The maximum Gasteiger partial charge on any atom is 0.170 e. The first-order valence-corrected chi connectivity index (χ1v) is 7.74. The lowest BCUT2D eigenvalue weighted by Gasteiger charge is -2.26. The molecular formula is C16H20N4OS. The summed E-state index contributed by atoms with van der Waals surface area (Å²) in [6, 6.07) is 10.3. The Kier molecular flexibility index (Phi) is 4.40. The van der Waals surface area contributed by atoms with Gasteiger partial charge >= 0.3 is 0 Å². The fourth-order valence-corrected chi connectivity index (χ4v) is 3.20. The molecule has 6 heteroatoms. The van der Waals surface area contributed by atoms with E-state index in [-0.39, 0.29) is 12.1 Å². The summed E-state index contributed by atoms with van der Waals surface area (Å²) in [6.07, 6.45) is 1.81.